The maximum atomic E-state index is 13.9. The van der Waals surface area contributed by atoms with Crippen molar-refractivity contribution in [3.8, 4) is 5.75 Å². The maximum Gasteiger partial charge on any atom is 0.256 e. The van der Waals surface area contributed by atoms with Crippen molar-refractivity contribution in [2.24, 2.45) is 0 Å². The summed E-state index contributed by atoms with van der Waals surface area (Å²) >= 11 is 0. The average molecular weight is 455 g/mol. The number of nitrogens with one attached hydrogen (secondary N) is 1. The highest BCUT2D eigenvalue weighted by molar-refractivity contribution is 6.07. The number of aryl methyl sites for hydroxylation is 1. The molecule has 3 aromatic carbocycles. The first-order chi connectivity index (χ1) is 16.5. The zero-order valence-corrected chi connectivity index (χ0v) is 19.2. The molecular weight excluding hydrogens is 428 g/mol. The fourth-order valence-electron chi connectivity index (χ4n) is 4.45. The van der Waals surface area contributed by atoms with E-state index in [1.54, 1.807) is 11.0 Å². The Bertz CT molecular complexity index is 1380. The van der Waals surface area contributed by atoms with Crippen LogP contribution in [0, 0.1) is 6.92 Å². The van der Waals surface area contributed by atoms with E-state index in [4.69, 9.17) is 9.72 Å². The van der Waals surface area contributed by atoms with Gasteiger partial charge in [-0.05, 0) is 30.7 Å². The number of hydrogen-bond acceptors (Lipinski definition) is 4. The van der Waals surface area contributed by atoms with E-state index >= 15 is 0 Å². The monoisotopic (exact) mass is 454 g/mol. The molecule has 7 heteroatoms. The number of benzene rings is 3. The maximum absolute atomic E-state index is 13.9. The number of carbonyl (C=O) groups excluding carboxylic acids is 2. The quantitative estimate of drug-likeness (QED) is 0.496. The highest BCUT2D eigenvalue weighted by Gasteiger charge is 2.25. The van der Waals surface area contributed by atoms with Crippen molar-refractivity contribution in [2.45, 2.75) is 26.9 Å². The molecule has 1 aliphatic rings. The molecule has 172 valence electrons. The first-order valence-corrected chi connectivity index (χ1v) is 11.3. The lowest BCUT2D eigenvalue weighted by Gasteiger charge is -2.21. The summed E-state index contributed by atoms with van der Waals surface area (Å²) in [5.74, 6) is 1.29. The number of para-hydroxylation sites is 1. The summed E-state index contributed by atoms with van der Waals surface area (Å²) in [5, 5.41) is 2.82. The molecule has 1 aliphatic heterocycles. The van der Waals surface area contributed by atoms with Gasteiger partial charge in [0.05, 0.1) is 23.1 Å². The molecule has 0 aliphatic carbocycles. The van der Waals surface area contributed by atoms with Gasteiger partial charge in [-0.3, -0.25) is 9.59 Å². The van der Waals surface area contributed by atoms with Crippen LogP contribution in [0.4, 0.5) is 5.69 Å². The first kappa shape index (κ1) is 21.7. The molecule has 34 heavy (non-hydrogen) atoms. The Morgan fingerprint density at radius 1 is 1.06 bits per heavy atom. The van der Waals surface area contributed by atoms with Crippen molar-refractivity contribution in [1.29, 1.82) is 0 Å². The fraction of sp³-hybridized carbons (Fsp3) is 0.222. The molecule has 0 fully saturated rings. The lowest BCUT2D eigenvalue weighted by Crippen LogP contribution is -2.33. The van der Waals surface area contributed by atoms with Gasteiger partial charge in [-0.2, -0.15) is 0 Å². The summed E-state index contributed by atoms with van der Waals surface area (Å²) in [6.45, 7) is 5.31. The first-order valence-electron chi connectivity index (χ1n) is 11.3. The van der Waals surface area contributed by atoms with E-state index in [9.17, 15) is 9.59 Å². The second-order valence-corrected chi connectivity index (χ2v) is 8.49. The third kappa shape index (κ3) is 4.24. The number of hydrogen-bond donors (Lipinski definition) is 1. The van der Waals surface area contributed by atoms with Crippen LogP contribution >= 0.6 is 0 Å². The SMILES string of the molecule is CC(=O)Nc1cc(C(=O)N2CCOc3ccccc3C2)c2c(c1)nc(C)n2Cc1ccccc1. The predicted molar refractivity (Wildman–Crippen MR) is 131 cm³/mol. The average Bonchev–Trinajstić information content (AvgIpc) is 3.00. The zero-order chi connectivity index (χ0) is 23.7. The van der Waals surface area contributed by atoms with Gasteiger partial charge in [0.15, 0.2) is 0 Å². The second kappa shape index (κ2) is 9.02. The number of rotatable bonds is 4. The molecule has 4 aromatic rings. The van der Waals surface area contributed by atoms with Crippen LogP contribution in [-0.4, -0.2) is 39.4 Å². The smallest absolute Gasteiger partial charge is 0.256 e. The van der Waals surface area contributed by atoms with Crippen molar-refractivity contribution in [3.63, 3.8) is 0 Å². The van der Waals surface area contributed by atoms with E-state index in [0.717, 1.165) is 28.2 Å². The van der Waals surface area contributed by atoms with E-state index in [1.807, 2.05) is 55.5 Å². The minimum absolute atomic E-state index is 0.119. The van der Waals surface area contributed by atoms with Crippen LogP contribution in [0.25, 0.3) is 11.0 Å². The predicted octanol–water partition coefficient (Wildman–Crippen LogP) is 4.39. The molecule has 0 bridgehead atoms. The molecule has 0 saturated heterocycles. The number of aromatic nitrogens is 2. The molecule has 5 rings (SSSR count). The molecule has 1 N–H and O–H groups in total. The van der Waals surface area contributed by atoms with Gasteiger partial charge in [-0.15, -0.1) is 0 Å². The van der Waals surface area contributed by atoms with Crippen molar-refractivity contribution in [3.05, 3.63) is 89.2 Å². The van der Waals surface area contributed by atoms with E-state index in [0.29, 0.717) is 43.0 Å². The van der Waals surface area contributed by atoms with Crippen LogP contribution in [0.3, 0.4) is 0 Å². The van der Waals surface area contributed by atoms with E-state index in [2.05, 4.69) is 22.0 Å². The molecule has 1 aromatic heterocycles. The Morgan fingerprint density at radius 3 is 2.62 bits per heavy atom. The normalized spacial score (nSPS) is 13.2. The Morgan fingerprint density at radius 2 is 1.82 bits per heavy atom. The topological polar surface area (TPSA) is 76.5 Å². The Balaban J connectivity index is 1.61. The number of ether oxygens (including phenoxy) is 1. The summed E-state index contributed by atoms with van der Waals surface area (Å²) in [5.41, 5.74) is 4.59. The number of anilines is 1. The number of nitrogens with zero attached hydrogens (tertiary/aromatic N) is 3. The van der Waals surface area contributed by atoms with Crippen molar-refractivity contribution < 1.29 is 14.3 Å². The number of carbonyl (C=O) groups is 2. The van der Waals surface area contributed by atoms with Crippen LogP contribution < -0.4 is 10.1 Å². The van der Waals surface area contributed by atoms with Gasteiger partial charge in [0.1, 0.15) is 18.2 Å². The molecule has 2 amide bonds. The third-order valence-corrected chi connectivity index (χ3v) is 6.01. The molecule has 7 nitrogen and oxygen atoms in total. The van der Waals surface area contributed by atoms with E-state index in [-0.39, 0.29) is 11.8 Å². The Labute approximate surface area is 198 Å². The molecule has 0 saturated carbocycles. The van der Waals surface area contributed by atoms with Gasteiger partial charge in [0.25, 0.3) is 5.91 Å². The summed E-state index contributed by atoms with van der Waals surface area (Å²) < 4.78 is 7.93. The van der Waals surface area contributed by atoms with Crippen LogP contribution in [0.15, 0.2) is 66.7 Å². The van der Waals surface area contributed by atoms with Crippen molar-refractivity contribution >= 4 is 28.5 Å². The molecule has 0 radical (unpaired) electrons. The summed E-state index contributed by atoms with van der Waals surface area (Å²) in [6.07, 6.45) is 0. The molecule has 0 spiro atoms. The molecular formula is C27H26N4O3. The van der Waals surface area contributed by atoms with Crippen LogP contribution in [-0.2, 0) is 17.9 Å². The van der Waals surface area contributed by atoms with Crippen molar-refractivity contribution in [2.75, 3.05) is 18.5 Å². The minimum Gasteiger partial charge on any atom is -0.491 e. The van der Waals surface area contributed by atoms with Crippen LogP contribution in [0.2, 0.25) is 0 Å². The second-order valence-electron chi connectivity index (χ2n) is 8.49. The van der Waals surface area contributed by atoms with Gasteiger partial charge in [-0.1, -0.05) is 48.5 Å². The number of imidazole rings is 1. The third-order valence-electron chi connectivity index (χ3n) is 6.01. The fourth-order valence-corrected chi connectivity index (χ4v) is 4.45. The standard InChI is InChI=1S/C27H26N4O3/c1-18-28-24-15-22(29-19(2)32)14-23(26(24)31(18)16-20-8-4-3-5-9-20)27(33)30-12-13-34-25-11-7-6-10-21(25)17-30/h3-11,14-15H,12-13,16-17H2,1-2H3,(H,29,32). The number of fused-ring (bicyclic) bond motifs is 2. The molecule has 0 atom stereocenters. The van der Waals surface area contributed by atoms with Crippen LogP contribution in [0.1, 0.15) is 34.2 Å². The molecule has 2 heterocycles. The summed E-state index contributed by atoms with van der Waals surface area (Å²) in [4.78, 5) is 32.3. The van der Waals surface area contributed by atoms with Gasteiger partial charge in [-0.25, -0.2) is 4.98 Å². The highest BCUT2D eigenvalue weighted by Crippen LogP contribution is 2.29. The lowest BCUT2D eigenvalue weighted by molar-refractivity contribution is -0.114. The number of amides is 2. The lowest BCUT2D eigenvalue weighted by atomic mass is 10.1. The highest BCUT2D eigenvalue weighted by atomic mass is 16.5. The van der Waals surface area contributed by atoms with Gasteiger partial charge < -0.3 is 19.5 Å². The van der Waals surface area contributed by atoms with Gasteiger partial charge in [0.2, 0.25) is 5.91 Å². The van der Waals surface area contributed by atoms with E-state index in [1.165, 1.54) is 6.92 Å². The zero-order valence-electron chi connectivity index (χ0n) is 19.2. The summed E-state index contributed by atoms with van der Waals surface area (Å²) in [7, 11) is 0. The minimum atomic E-state index is -0.199. The summed E-state index contributed by atoms with van der Waals surface area (Å²) in [6, 6.07) is 21.5. The van der Waals surface area contributed by atoms with Gasteiger partial charge >= 0.3 is 0 Å². The largest absolute Gasteiger partial charge is 0.491 e. The Hall–Kier alpha value is -4.13. The van der Waals surface area contributed by atoms with Crippen molar-refractivity contribution in [1.82, 2.24) is 14.5 Å². The molecule has 0 unspecified atom stereocenters. The Kier molecular flexibility index (Phi) is 5.76. The van der Waals surface area contributed by atoms with Gasteiger partial charge in [0, 0.05) is 31.3 Å². The van der Waals surface area contributed by atoms with Crippen LogP contribution in [0.5, 0.6) is 5.75 Å². The van der Waals surface area contributed by atoms with E-state index < -0.39 is 0 Å².